The van der Waals surface area contributed by atoms with E-state index < -0.39 is 31.1 Å². The van der Waals surface area contributed by atoms with Gasteiger partial charge < -0.3 is 19.7 Å². The molecular formula is C19H15F4N3O4. The Hall–Kier alpha value is -3.47. The minimum Gasteiger partial charge on any atom is -0.487 e. The molecule has 0 bridgehead atoms. The van der Waals surface area contributed by atoms with E-state index in [-0.39, 0.29) is 23.8 Å². The van der Waals surface area contributed by atoms with Crippen molar-refractivity contribution in [2.24, 2.45) is 0 Å². The molecule has 0 atom stereocenters. The van der Waals surface area contributed by atoms with Crippen LogP contribution in [-0.2, 0) is 13.2 Å². The summed E-state index contributed by atoms with van der Waals surface area (Å²) in [5, 5.41) is 15.0. The Bertz CT molecular complexity index is 1000. The number of hydrogen-bond acceptors (Lipinski definition) is 6. The fourth-order valence-corrected chi connectivity index (χ4v) is 2.48. The summed E-state index contributed by atoms with van der Waals surface area (Å²) in [6, 6.07) is 8.06. The second kappa shape index (κ2) is 8.91. The van der Waals surface area contributed by atoms with Crippen molar-refractivity contribution in [3.63, 3.8) is 0 Å². The lowest BCUT2D eigenvalue weighted by Gasteiger charge is -2.09. The van der Waals surface area contributed by atoms with E-state index in [0.29, 0.717) is 16.8 Å². The summed E-state index contributed by atoms with van der Waals surface area (Å²) in [6.45, 7) is -1.99. The van der Waals surface area contributed by atoms with Crippen LogP contribution in [0.1, 0.15) is 21.8 Å². The highest BCUT2D eigenvalue weighted by atomic mass is 19.4. The van der Waals surface area contributed by atoms with Gasteiger partial charge in [-0.05, 0) is 36.4 Å². The van der Waals surface area contributed by atoms with E-state index in [0.717, 1.165) is 0 Å². The van der Waals surface area contributed by atoms with Gasteiger partial charge >= 0.3 is 6.18 Å². The molecule has 0 fully saturated rings. The van der Waals surface area contributed by atoms with Gasteiger partial charge in [0.1, 0.15) is 42.7 Å². The highest BCUT2D eigenvalue weighted by Crippen LogP contribution is 2.27. The Morgan fingerprint density at radius 1 is 1.17 bits per heavy atom. The summed E-state index contributed by atoms with van der Waals surface area (Å²) < 4.78 is 60.3. The van der Waals surface area contributed by atoms with E-state index in [2.05, 4.69) is 10.1 Å². The standard InChI is InChI=1S/C19H15F4N3O4/c20-12-3-1-11(2-4-12)17-14(16(8-27)30-26-17)9-29-13-5-6-15(24-7-13)18(28)25-10-19(21,22)23/h1-7,27H,8-10H2,(H,25,28). The molecule has 0 aliphatic carbocycles. The quantitative estimate of drug-likeness (QED) is 0.564. The second-order valence-electron chi connectivity index (χ2n) is 6.06. The average molecular weight is 425 g/mol. The van der Waals surface area contributed by atoms with Crippen LogP contribution in [0.15, 0.2) is 47.1 Å². The van der Waals surface area contributed by atoms with Crippen molar-refractivity contribution < 1.29 is 36.7 Å². The van der Waals surface area contributed by atoms with Crippen LogP contribution >= 0.6 is 0 Å². The predicted molar refractivity (Wildman–Crippen MR) is 94.8 cm³/mol. The van der Waals surface area contributed by atoms with Crippen LogP contribution in [0.3, 0.4) is 0 Å². The number of rotatable bonds is 7. The van der Waals surface area contributed by atoms with Gasteiger partial charge in [-0.1, -0.05) is 5.16 Å². The predicted octanol–water partition coefficient (Wildman–Crippen LogP) is 3.24. The van der Waals surface area contributed by atoms with Crippen molar-refractivity contribution >= 4 is 5.91 Å². The summed E-state index contributed by atoms with van der Waals surface area (Å²) in [7, 11) is 0. The third kappa shape index (κ3) is 5.32. The topological polar surface area (TPSA) is 97.5 Å². The second-order valence-corrected chi connectivity index (χ2v) is 6.06. The number of aromatic nitrogens is 2. The number of ether oxygens (including phenoxy) is 1. The van der Waals surface area contributed by atoms with E-state index in [1.54, 1.807) is 5.32 Å². The number of nitrogens with one attached hydrogen (secondary N) is 1. The number of aliphatic hydroxyl groups is 1. The molecule has 2 heterocycles. The first-order valence-electron chi connectivity index (χ1n) is 8.55. The third-order valence-electron chi connectivity index (χ3n) is 3.93. The summed E-state index contributed by atoms with van der Waals surface area (Å²) in [6.07, 6.45) is -3.35. The van der Waals surface area contributed by atoms with E-state index in [1.165, 1.54) is 42.6 Å². The largest absolute Gasteiger partial charge is 0.487 e. The zero-order chi connectivity index (χ0) is 21.7. The highest BCUT2D eigenvalue weighted by molar-refractivity contribution is 5.92. The zero-order valence-electron chi connectivity index (χ0n) is 15.2. The maximum absolute atomic E-state index is 13.1. The number of benzene rings is 1. The molecule has 0 saturated carbocycles. The van der Waals surface area contributed by atoms with Crippen LogP contribution in [0.25, 0.3) is 11.3 Å². The first kappa shape index (κ1) is 21.2. The molecule has 3 rings (SSSR count). The molecule has 11 heteroatoms. The number of nitrogens with zero attached hydrogens (tertiary/aromatic N) is 2. The highest BCUT2D eigenvalue weighted by Gasteiger charge is 2.28. The van der Waals surface area contributed by atoms with Crippen molar-refractivity contribution in [2.75, 3.05) is 6.54 Å². The van der Waals surface area contributed by atoms with Gasteiger partial charge in [-0.2, -0.15) is 13.2 Å². The molecule has 1 aromatic carbocycles. The Kier molecular flexibility index (Phi) is 6.31. The van der Waals surface area contributed by atoms with E-state index >= 15 is 0 Å². The number of amides is 1. The Morgan fingerprint density at radius 2 is 1.90 bits per heavy atom. The lowest BCUT2D eigenvalue weighted by molar-refractivity contribution is -0.123. The molecule has 0 spiro atoms. The van der Waals surface area contributed by atoms with Crippen molar-refractivity contribution in [1.82, 2.24) is 15.5 Å². The molecule has 30 heavy (non-hydrogen) atoms. The maximum atomic E-state index is 13.1. The molecule has 2 N–H and O–H groups in total. The van der Waals surface area contributed by atoms with Gasteiger partial charge in [-0.3, -0.25) is 4.79 Å². The van der Waals surface area contributed by atoms with Crippen LogP contribution in [0.5, 0.6) is 5.75 Å². The Balaban J connectivity index is 1.69. The number of hydrogen-bond donors (Lipinski definition) is 2. The van der Waals surface area contributed by atoms with Crippen LogP contribution in [0.4, 0.5) is 17.6 Å². The smallest absolute Gasteiger partial charge is 0.405 e. The van der Waals surface area contributed by atoms with Crippen molar-refractivity contribution in [2.45, 2.75) is 19.4 Å². The normalized spacial score (nSPS) is 11.4. The summed E-state index contributed by atoms with van der Waals surface area (Å²) in [5.41, 5.74) is 1.12. The number of carbonyl (C=O) groups is 1. The molecular weight excluding hydrogens is 410 g/mol. The van der Waals surface area contributed by atoms with Gasteiger partial charge in [-0.15, -0.1) is 0 Å². The molecule has 7 nitrogen and oxygen atoms in total. The van der Waals surface area contributed by atoms with E-state index in [4.69, 9.17) is 9.26 Å². The molecule has 158 valence electrons. The van der Waals surface area contributed by atoms with Gasteiger partial charge in [0.05, 0.1) is 11.8 Å². The number of aliphatic hydroxyl groups excluding tert-OH is 1. The van der Waals surface area contributed by atoms with Crippen molar-refractivity contribution in [1.29, 1.82) is 0 Å². The molecule has 2 aromatic heterocycles. The molecule has 3 aromatic rings. The van der Waals surface area contributed by atoms with Crippen molar-refractivity contribution in [3.8, 4) is 17.0 Å². The van der Waals surface area contributed by atoms with Gasteiger partial charge in [0.25, 0.3) is 5.91 Å². The SMILES string of the molecule is O=C(NCC(F)(F)F)c1ccc(OCc2c(-c3ccc(F)cc3)noc2CO)cn1. The fourth-order valence-electron chi connectivity index (χ4n) is 2.48. The number of halogens is 4. The lowest BCUT2D eigenvalue weighted by atomic mass is 10.1. The molecule has 0 radical (unpaired) electrons. The molecule has 0 aliphatic rings. The zero-order valence-corrected chi connectivity index (χ0v) is 15.2. The summed E-state index contributed by atoms with van der Waals surface area (Å²) >= 11 is 0. The van der Waals surface area contributed by atoms with Gasteiger partial charge in [-0.25, -0.2) is 9.37 Å². The molecule has 0 unspecified atom stereocenters. The summed E-state index contributed by atoms with van der Waals surface area (Å²) in [4.78, 5) is 15.4. The Morgan fingerprint density at radius 3 is 2.50 bits per heavy atom. The monoisotopic (exact) mass is 425 g/mol. The van der Waals surface area contributed by atoms with Crippen molar-refractivity contribution in [3.05, 3.63) is 65.4 Å². The molecule has 1 amide bonds. The lowest BCUT2D eigenvalue weighted by Crippen LogP contribution is -2.34. The van der Waals surface area contributed by atoms with Crippen LogP contribution in [-0.4, -0.2) is 33.9 Å². The van der Waals surface area contributed by atoms with E-state index in [9.17, 15) is 27.5 Å². The maximum Gasteiger partial charge on any atom is 0.405 e. The number of carbonyl (C=O) groups excluding carboxylic acids is 1. The number of alkyl halides is 3. The minimum atomic E-state index is -4.52. The first-order chi connectivity index (χ1) is 14.3. The van der Waals surface area contributed by atoms with Crippen LogP contribution < -0.4 is 10.1 Å². The Labute approximate surface area is 167 Å². The van der Waals surface area contributed by atoms with Gasteiger partial charge in [0, 0.05) is 5.56 Å². The van der Waals surface area contributed by atoms with Gasteiger partial charge in [0.2, 0.25) is 0 Å². The average Bonchev–Trinajstić information content (AvgIpc) is 3.14. The number of pyridine rings is 1. The van der Waals surface area contributed by atoms with Crippen LogP contribution in [0, 0.1) is 5.82 Å². The molecule has 0 saturated heterocycles. The third-order valence-corrected chi connectivity index (χ3v) is 3.93. The van der Waals surface area contributed by atoms with Gasteiger partial charge in [0.15, 0.2) is 5.76 Å². The van der Waals surface area contributed by atoms with E-state index in [1.807, 2.05) is 0 Å². The first-order valence-corrected chi connectivity index (χ1v) is 8.55. The van der Waals surface area contributed by atoms with Crippen LogP contribution in [0.2, 0.25) is 0 Å². The molecule has 0 aliphatic heterocycles. The summed E-state index contributed by atoms with van der Waals surface area (Å²) in [5.74, 6) is -1.02. The fraction of sp³-hybridized carbons (Fsp3) is 0.211. The minimum absolute atomic E-state index is 0.0899.